The van der Waals surface area contributed by atoms with Crippen molar-refractivity contribution in [3.05, 3.63) is 12.2 Å². The standard InChI is InChI=1S/C51H95N2O12P/c1-3-5-7-9-11-13-15-17-19-21-23-25-27-29-31-33-50(56)62-45-47(65-51(57)34-32-30-28-26-24-22-20-18-16-14-12-10-8-6-4-2)46-64-66(58,59)63-41-38-52-37-40-60-43-44-61-42-39-53-48(54)35-36-49(53)55/h35-36,47,52H,3-34,37-46H2,1-2H3,(H,58,59). The number of unbranched alkanes of at least 4 members (excludes halogenated alkanes) is 28. The lowest BCUT2D eigenvalue weighted by Gasteiger charge is -2.20. The van der Waals surface area contributed by atoms with Crippen LogP contribution < -0.4 is 5.32 Å². The van der Waals surface area contributed by atoms with E-state index in [4.69, 9.17) is 28.0 Å². The number of amides is 2. The third kappa shape index (κ3) is 39.8. The molecule has 0 aromatic rings. The fourth-order valence-electron chi connectivity index (χ4n) is 7.75. The van der Waals surface area contributed by atoms with Crippen LogP contribution in [0.4, 0.5) is 0 Å². The van der Waals surface area contributed by atoms with Crippen LogP contribution in [0.15, 0.2) is 12.2 Å². The second kappa shape index (κ2) is 45.3. The molecule has 0 radical (unpaired) electrons. The van der Waals surface area contributed by atoms with Gasteiger partial charge in [0.05, 0.1) is 46.2 Å². The van der Waals surface area contributed by atoms with E-state index >= 15 is 0 Å². The van der Waals surface area contributed by atoms with Gasteiger partial charge in [0.1, 0.15) is 6.61 Å². The SMILES string of the molecule is CCCCCCCCCCCCCCCCCC(=O)OCC(COP(=O)(O)OCCNCCOCCOCCN1C(=O)C=CC1=O)OC(=O)CCCCCCCCCCCCCCCCC. The van der Waals surface area contributed by atoms with Gasteiger partial charge in [-0.2, -0.15) is 0 Å². The fourth-order valence-corrected chi connectivity index (χ4v) is 8.50. The molecule has 0 aromatic carbocycles. The van der Waals surface area contributed by atoms with E-state index in [1.807, 2.05) is 0 Å². The number of hydrogen-bond donors (Lipinski definition) is 2. The zero-order chi connectivity index (χ0) is 48.0. The molecule has 386 valence electrons. The minimum atomic E-state index is -4.50. The molecule has 1 heterocycles. The fraction of sp³-hybridized carbons (Fsp3) is 0.882. The smallest absolute Gasteiger partial charge is 0.462 e. The van der Waals surface area contributed by atoms with Gasteiger partial charge in [0.2, 0.25) is 0 Å². The molecule has 2 N–H and O–H groups in total. The molecule has 1 aliphatic rings. The zero-order valence-corrected chi connectivity index (χ0v) is 42.7. The lowest BCUT2D eigenvalue weighted by Crippen LogP contribution is -2.33. The first-order chi connectivity index (χ1) is 32.2. The maximum absolute atomic E-state index is 12.8. The molecule has 0 saturated heterocycles. The highest BCUT2D eigenvalue weighted by molar-refractivity contribution is 7.47. The third-order valence-corrected chi connectivity index (χ3v) is 12.8. The maximum atomic E-state index is 12.8. The van der Waals surface area contributed by atoms with Crippen LogP contribution in [0.25, 0.3) is 0 Å². The number of carbonyl (C=O) groups excluding carboxylic acids is 4. The first-order valence-corrected chi connectivity index (χ1v) is 28.0. The van der Waals surface area contributed by atoms with Gasteiger partial charge in [-0.25, -0.2) is 4.57 Å². The molecule has 0 bridgehead atoms. The van der Waals surface area contributed by atoms with E-state index in [-0.39, 0.29) is 57.6 Å². The lowest BCUT2D eigenvalue weighted by atomic mass is 10.0. The lowest BCUT2D eigenvalue weighted by molar-refractivity contribution is -0.161. The van der Waals surface area contributed by atoms with E-state index in [0.29, 0.717) is 32.8 Å². The second-order valence-corrected chi connectivity index (χ2v) is 19.4. The van der Waals surface area contributed by atoms with Crippen LogP contribution in [0, 0.1) is 0 Å². The van der Waals surface area contributed by atoms with Crippen molar-refractivity contribution >= 4 is 31.6 Å². The average Bonchev–Trinajstić information content (AvgIpc) is 3.62. The van der Waals surface area contributed by atoms with Crippen LogP contribution >= 0.6 is 7.82 Å². The van der Waals surface area contributed by atoms with E-state index in [1.165, 1.54) is 160 Å². The van der Waals surface area contributed by atoms with Gasteiger partial charge in [-0.05, 0) is 12.8 Å². The predicted molar refractivity (Wildman–Crippen MR) is 262 cm³/mol. The van der Waals surface area contributed by atoms with Crippen LogP contribution in [0.5, 0.6) is 0 Å². The number of imide groups is 1. The topological polar surface area (TPSA) is 176 Å². The zero-order valence-electron chi connectivity index (χ0n) is 41.8. The molecule has 15 heteroatoms. The van der Waals surface area contributed by atoms with Gasteiger partial charge in [-0.15, -0.1) is 0 Å². The molecule has 14 nitrogen and oxygen atoms in total. The molecule has 1 aliphatic heterocycles. The van der Waals surface area contributed by atoms with E-state index in [9.17, 15) is 28.6 Å². The maximum Gasteiger partial charge on any atom is 0.472 e. The number of phosphoric acid groups is 1. The van der Waals surface area contributed by atoms with E-state index in [2.05, 4.69) is 19.2 Å². The summed E-state index contributed by atoms with van der Waals surface area (Å²) in [5.41, 5.74) is 0. The summed E-state index contributed by atoms with van der Waals surface area (Å²) < 4.78 is 44.9. The van der Waals surface area contributed by atoms with Crippen LogP contribution in [0.1, 0.15) is 219 Å². The molecule has 2 atom stereocenters. The molecule has 66 heavy (non-hydrogen) atoms. The van der Waals surface area contributed by atoms with Gasteiger partial charge >= 0.3 is 19.8 Å². The predicted octanol–water partition coefficient (Wildman–Crippen LogP) is 11.6. The van der Waals surface area contributed by atoms with E-state index < -0.39 is 32.5 Å². The summed E-state index contributed by atoms with van der Waals surface area (Å²) in [5.74, 6) is -1.55. The molecule has 0 fully saturated rings. The Balaban J connectivity index is 2.30. The molecule has 0 spiro atoms. The van der Waals surface area contributed by atoms with Crippen molar-refractivity contribution in [2.75, 3.05) is 65.9 Å². The molecule has 0 aliphatic carbocycles. The second-order valence-electron chi connectivity index (χ2n) is 17.9. The summed E-state index contributed by atoms with van der Waals surface area (Å²) in [7, 11) is -4.50. The highest BCUT2D eigenvalue weighted by atomic mass is 31.2. The molecule has 2 amide bonds. The van der Waals surface area contributed by atoms with Crippen LogP contribution in [-0.4, -0.2) is 106 Å². The number of carbonyl (C=O) groups is 4. The van der Waals surface area contributed by atoms with Gasteiger partial charge in [0.15, 0.2) is 6.10 Å². The van der Waals surface area contributed by atoms with Crippen LogP contribution in [0.3, 0.4) is 0 Å². The first-order valence-electron chi connectivity index (χ1n) is 26.5. The highest BCUT2D eigenvalue weighted by Gasteiger charge is 2.26. The van der Waals surface area contributed by atoms with Crippen molar-refractivity contribution in [2.24, 2.45) is 0 Å². The molecule has 1 rings (SSSR count). The summed E-state index contributed by atoms with van der Waals surface area (Å²) in [5, 5.41) is 3.04. The van der Waals surface area contributed by atoms with Crippen molar-refractivity contribution in [2.45, 2.75) is 225 Å². The van der Waals surface area contributed by atoms with E-state index in [0.717, 1.165) is 43.4 Å². The molecular formula is C51H95N2O12P. The first kappa shape index (κ1) is 61.8. The van der Waals surface area contributed by atoms with Crippen molar-refractivity contribution < 1.29 is 56.6 Å². The number of hydrogen-bond acceptors (Lipinski definition) is 12. The minimum Gasteiger partial charge on any atom is -0.462 e. The summed E-state index contributed by atoms with van der Waals surface area (Å²) in [4.78, 5) is 59.9. The third-order valence-electron chi connectivity index (χ3n) is 11.8. The van der Waals surface area contributed by atoms with Gasteiger partial charge in [-0.1, -0.05) is 194 Å². The van der Waals surface area contributed by atoms with E-state index in [1.54, 1.807) is 0 Å². The Labute approximate surface area is 400 Å². The Morgan fingerprint density at radius 3 is 1.38 bits per heavy atom. The Morgan fingerprint density at radius 1 is 0.530 bits per heavy atom. The summed E-state index contributed by atoms with van der Waals surface area (Å²) in [6.07, 6.45) is 38.8. The Bertz CT molecular complexity index is 1250. The summed E-state index contributed by atoms with van der Waals surface area (Å²) in [6, 6.07) is 0. The Hall–Kier alpha value is -2.19. The number of esters is 2. The number of nitrogens with one attached hydrogen (secondary N) is 1. The molecule has 0 saturated carbocycles. The van der Waals surface area contributed by atoms with Gasteiger partial charge in [-0.3, -0.25) is 33.1 Å². The number of nitrogens with zero attached hydrogens (tertiary/aromatic N) is 1. The number of phosphoric ester groups is 1. The highest BCUT2D eigenvalue weighted by Crippen LogP contribution is 2.43. The summed E-state index contributed by atoms with van der Waals surface area (Å²) >= 11 is 0. The minimum absolute atomic E-state index is 0.127. The largest absolute Gasteiger partial charge is 0.472 e. The van der Waals surface area contributed by atoms with Gasteiger partial charge in [0.25, 0.3) is 11.8 Å². The van der Waals surface area contributed by atoms with Crippen molar-refractivity contribution in [3.63, 3.8) is 0 Å². The van der Waals surface area contributed by atoms with Gasteiger partial charge in [0, 0.05) is 38.1 Å². The number of rotatable bonds is 51. The molecule has 2 unspecified atom stereocenters. The van der Waals surface area contributed by atoms with Crippen molar-refractivity contribution in [3.8, 4) is 0 Å². The molecular weight excluding hydrogens is 864 g/mol. The average molecular weight is 959 g/mol. The Morgan fingerprint density at radius 2 is 0.924 bits per heavy atom. The van der Waals surface area contributed by atoms with Crippen molar-refractivity contribution in [1.82, 2.24) is 10.2 Å². The normalized spacial score (nSPS) is 14.0. The monoisotopic (exact) mass is 959 g/mol. The van der Waals surface area contributed by atoms with Crippen LogP contribution in [-0.2, 0) is 51.7 Å². The van der Waals surface area contributed by atoms with Crippen molar-refractivity contribution in [1.29, 1.82) is 0 Å². The quantitative estimate of drug-likeness (QED) is 0.0255. The number of ether oxygens (including phenoxy) is 4. The van der Waals surface area contributed by atoms with Crippen LogP contribution in [0.2, 0.25) is 0 Å². The van der Waals surface area contributed by atoms with Gasteiger partial charge < -0.3 is 29.2 Å². The Kier molecular flexibility index (Phi) is 42.4. The molecule has 0 aromatic heterocycles. The summed E-state index contributed by atoms with van der Waals surface area (Å²) in [6.45, 7) is 5.71.